The predicted octanol–water partition coefficient (Wildman–Crippen LogP) is 3.85. The van der Waals surface area contributed by atoms with Gasteiger partial charge in [0.2, 0.25) is 17.6 Å². The third-order valence-electron chi connectivity index (χ3n) is 4.90. The minimum Gasteiger partial charge on any atom is -0.378 e. The quantitative estimate of drug-likeness (QED) is 0.768. The van der Waals surface area contributed by atoms with Gasteiger partial charge in [-0.1, -0.05) is 5.16 Å². The molecule has 0 saturated carbocycles. The zero-order chi connectivity index (χ0) is 20.3. The van der Waals surface area contributed by atoms with Gasteiger partial charge in [-0.05, 0) is 37.1 Å². The van der Waals surface area contributed by atoms with E-state index in [1.54, 1.807) is 0 Å². The second-order valence-electron chi connectivity index (χ2n) is 7.17. The summed E-state index contributed by atoms with van der Waals surface area (Å²) in [5.41, 5.74) is 1.91. The highest BCUT2D eigenvalue weighted by atomic mass is 19.4. The molecule has 9 heteroatoms. The van der Waals surface area contributed by atoms with Gasteiger partial charge in [-0.25, -0.2) is 0 Å². The first-order valence-corrected chi connectivity index (χ1v) is 9.19. The molecule has 2 heterocycles. The van der Waals surface area contributed by atoms with Crippen LogP contribution in [0.3, 0.4) is 0 Å². The molecule has 0 N–H and O–H groups in total. The molecule has 1 saturated heterocycles. The van der Waals surface area contributed by atoms with Crippen molar-refractivity contribution in [3.63, 3.8) is 0 Å². The third kappa shape index (κ3) is 5.02. The summed E-state index contributed by atoms with van der Waals surface area (Å²) in [6, 6.07) is 7.78. The smallest absolute Gasteiger partial charge is 0.378 e. The van der Waals surface area contributed by atoms with Gasteiger partial charge in [0.15, 0.2) is 0 Å². The SMILES string of the molecule is CN(C)c1ccc(-c2noc(C3CCN(C(=O)CCC(F)(F)F)CC3)n2)cc1. The third-order valence-corrected chi connectivity index (χ3v) is 4.90. The number of hydrogen-bond donors (Lipinski definition) is 0. The van der Waals surface area contributed by atoms with Crippen molar-refractivity contribution in [1.29, 1.82) is 0 Å². The average Bonchev–Trinajstić information content (AvgIpc) is 3.16. The van der Waals surface area contributed by atoms with E-state index in [-0.39, 0.29) is 5.92 Å². The van der Waals surface area contributed by atoms with Gasteiger partial charge in [0, 0.05) is 50.8 Å². The Balaban J connectivity index is 1.56. The lowest BCUT2D eigenvalue weighted by molar-refractivity contribution is -0.149. The molecule has 3 rings (SSSR count). The minimum absolute atomic E-state index is 0.00830. The molecule has 0 spiro atoms. The summed E-state index contributed by atoms with van der Waals surface area (Å²) in [6.45, 7) is 0.799. The van der Waals surface area contributed by atoms with E-state index in [0.29, 0.717) is 37.6 Å². The molecule has 6 nitrogen and oxygen atoms in total. The van der Waals surface area contributed by atoms with Crippen molar-refractivity contribution in [1.82, 2.24) is 15.0 Å². The number of rotatable bonds is 5. The van der Waals surface area contributed by atoms with Crippen LogP contribution >= 0.6 is 0 Å². The highest BCUT2D eigenvalue weighted by Crippen LogP contribution is 2.30. The van der Waals surface area contributed by atoms with Crippen molar-refractivity contribution in [3.05, 3.63) is 30.2 Å². The second kappa shape index (κ2) is 8.20. The summed E-state index contributed by atoms with van der Waals surface area (Å²) < 4.78 is 42.2. The van der Waals surface area contributed by atoms with Crippen LogP contribution < -0.4 is 4.90 Å². The van der Waals surface area contributed by atoms with E-state index < -0.39 is 24.9 Å². The molecule has 0 bridgehead atoms. The van der Waals surface area contributed by atoms with E-state index in [0.717, 1.165) is 11.3 Å². The summed E-state index contributed by atoms with van der Waals surface area (Å²) in [7, 11) is 3.92. The predicted molar refractivity (Wildman–Crippen MR) is 97.9 cm³/mol. The molecular weight excluding hydrogens is 373 g/mol. The van der Waals surface area contributed by atoms with Crippen LogP contribution in [0.5, 0.6) is 0 Å². The number of nitrogens with zero attached hydrogens (tertiary/aromatic N) is 4. The van der Waals surface area contributed by atoms with Crippen LogP contribution in [0.1, 0.15) is 37.5 Å². The normalized spacial score (nSPS) is 15.7. The average molecular weight is 396 g/mol. The summed E-state index contributed by atoms with van der Waals surface area (Å²) in [4.78, 5) is 19.9. The monoisotopic (exact) mass is 396 g/mol. The fraction of sp³-hybridized carbons (Fsp3) is 0.526. The number of piperidine rings is 1. The Morgan fingerprint density at radius 3 is 2.43 bits per heavy atom. The number of halogens is 3. The topological polar surface area (TPSA) is 62.5 Å². The van der Waals surface area contributed by atoms with Crippen molar-refractivity contribution < 1.29 is 22.5 Å². The number of anilines is 1. The van der Waals surface area contributed by atoms with E-state index in [1.165, 1.54) is 4.90 Å². The second-order valence-corrected chi connectivity index (χ2v) is 7.17. The molecule has 1 amide bonds. The van der Waals surface area contributed by atoms with Gasteiger partial charge >= 0.3 is 6.18 Å². The first-order valence-electron chi connectivity index (χ1n) is 9.19. The molecule has 0 atom stereocenters. The van der Waals surface area contributed by atoms with Crippen LogP contribution in [0.15, 0.2) is 28.8 Å². The number of amides is 1. The molecule has 0 radical (unpaired) electrons. The Hall–Kier alpha value is -2.58. The summed E-state index contributed by atoms with van der Waals surface area (Å²) >= 11 is 0. The van der Waals surface area contributed by atoms with E-state index >= 15 is 0 Å². The molecular formula is C19H23F3N4O2. The van der Waals surface area contributed by atoms with Crippen molar-refractivity contribution in [3.8, 4) is 11.4 Å². The maximum Gasteiger partial charge on any atom is 0.389 e. The van der Waals surface area contributed by atoms with E-state index in [9.17, 15) is 18.0 Å². The Morgan fingerprint density at radius 1 is 1.21 bits per heavy atom. The number of alkyl halides is 3. The summed E-state index contributed by atoms with van der Waals surface area (Å²) in [5.74, 6) is 0.565. The largest absolute Gasteiger partial charge is 0.389 e. The number of aromatic nitrogens is 2. The molecule has 1 aromatic carbocycles. The van der Waals surface area contributed by atoms with E-state index in [1.807, 2.05) is 43.3 Å². The highest BCUT2D eigenvalue weighted by molar-refractivity contribution is 5.76. The Morgan fingerprint density at radius 2 is 1.86 bits per heavy atom. The van der Waals surface area contributed by atoms with Gasteiger partial charge < -0.3 is 14.3 Å². The van der Waals surface area contributed by atoms with Crippen LogP contribution in [0.25, 0.3) is 11.4 Å². The number of benzene rings is 1. The fourth-order valence-corrected chi connectivity index (χ4v) is 3.21. The maximum absolute atomic E-state index is 12.3. The molecule has 28 heavy (non-hydrogen) atoms. The van der Waals surface area contributed by atoms with Gasteiger partial charge in [-0.15, -0.1) is 0 Å². The van der Waals surface area contributed by atoms with Gasteiger partial charge in [0.05, 0.1) is 6.42 Å². The Labute approximate surface area is 161 Å². The Kier molecular flexibility index (Phi) is 5.90. The Bertz CT molecular complexity index is 794. The van der Waals surface area contributed by atoms with Crippen molar-refractivity contribution in [2.24, 2.45) is 0 Å². The summed E-state index contributed by atoms with van der Waals surface area (Å²) in [5, 5.41) is 4.04. The molecule has 1 aromatic heterocycles. The zero-order valence-corrected chi connectivity index (χ0v) is 15.9. The lowest BCUT2D eigenvalue weighted by Crippen LogP contribution is -2.38. The zero-order valence-electron chi connectivity index (χ0n) is 15.9. The van der Waals surface area contributed by atoms with E-state index in [2.05, 4.69) is 10.1 Å². The van der Waals surface area contributed by atoms with Gasteiger partial charge in [-0.3, -0.25) is 4.79 Å². The van der Waals surface area contributed by atoms with Crippen molar-refractivity contribution in [2.75, 3.05) is 32.1 Å². The number of carbonyl (C=O) groups is 1. The van der Waals surface area contributed by atoms with Crippen molar-refractivity contribution in [2.45, 2.75) is 37.8 Å². The molecule has 0 unspecified atom stereocenters. The molecule has 0 aliphatic carbocycles. The van der Waals surface area contributed by atoms with E-state index in [4.69, 9.17) is 4.52 Å². The van der Waals surface area contributed by atoms with Gasteiger partial charge in [-0.2, -0.15) is 18.2 Å². The molecule has 1 aliphatic heterocycles. The van der Waals surface area contributed by atoms with Crippen LogP contribution in [-0.2, 0) is 4.79 Å². The summed E-state index contributed by atoms with van der Waals surface area (Å²) in [6.07, 6.45) is -4.69. The standard InChI is InChI=1S/C19H23F3N4O2/c1-25(2)15-5-3-13(4-6-15)17-23-18(28-24-17)14-8-11-26(12-9-14)16(27)7-10-19(20,21)22/h3-6,14H,7-12H2,1-2H3. The number of likely N-dealkylation sites (tertiary alicyclic amines) is 1. The molecule has 152 valence electrons. The van der Waals surface area contributed by atoms with Crippen molar-refractivity contribution >= 4 is 11.6 Å². The minimum atomic E-state index is -4.31. The lowest BCUT2D eigenvalue weighted by Gasteiger charge is -2.30. The molecule has 1 aliphatic rings. The van der Waals surface area contributed by atoms with Crippen LogP contribution in [-0.4, -0.2) is 54.3 Å². The van der Waals surface area contributed by atoms with Gasteiger partial charge in [0.1, 0.15) is 0 Å². The number of carbonyl (C=O) groups excluding carboxylic acids is 1. The van der Waals surface area contributed by atoms with Gasteiger partial charge in [0.25, 0.3) is 0 Å². The molecule has 2 aromatic rings. The first-order chi connectivity index (χ1) is 13.2. The number of hydrogen-bond acceptors (Lipinski definition) is 5. The molecule has 1 fully saturated rings. The maximum atomic E-state index is 12.3. The first kappa shape index (κ1) is 20.2. The fourth-order valence-electron chi connectivity index (χ4n) is 3.21. The van der Waals surface area contributed by atoms with Crippen LogP contribution in [0.2, 0.25) is 0 Å². The highest BCUT2D eigenvalue weighted by Gasteiger charge is 2.31. The van der Waals surface area contributed by atoms with Crippen LogP contribution in [0, 0.1) is 0 Å². The lowest BCUT2D eigenvalue weighted by atomic mass is 9.96. The van der Waals surface area contributed by atoms with Crippen LogP contribution in [0.4, 0.5) is 18.9 Å².